The van der Waals surface area contributed by atoms with Crippen LogP contribution in [0, 0.1) is 0 Å². The van der Waals surface area contributed by atoms with Crippen LogP contribution in [0.4, 0.5) is 0 Å². The maximum absolute atomic E-state index is 13.1. The Kier molecular flexibility index (Phi) is 7.79. The van der Waals surface area contributed by atoms with Crippen molar-refractivity contribution in [3.05, 3.63) is 41.1 Å². The number of amides is 2. The normalized spacial score (nSPS) is 19.5. The third-order valence-corrected chi connectivity index (χ3v) is 7.77. The molecule has 0 bridgehead atoms. The smallest absolute Gasteiger partial charge is 0.352 e. The van der Waals surface area contributed by atoms with E-state index in [0.717, 1.165) is 0 Å². The van der Waals surface area contributed by atoms with Crippen LogP contribution in [0.25, 0.3) is 0 Å². The number of aromatic nitrogens is 4. The Morgan fingerprint density at radius 1 is 1.39 bits per heavy atom. The second-order valence-corrected chi connectivity index (χ2v) is 9.63. The average Bonchev–Trinajstić information content (AvgIpc) is 3.30. The van der Waals surface area contributed by atoms with Crippen molar-refractivity contribution in [2.75, 3.05) is 25.2 Å². The molecule has 2 aliphatic heterocycles. The fourth-order valence-corrected chi connectivity index (χ4v) is 5.96. The van der Waals surface area contributed by atoms with Gasteiger partial charge in [0, 0.05) is 24.1 Å². The van der Waals surface area contributed by atoms with Crippen molar-refractivity contribution in [2.45, 2.75) is 23.5 Å². The zero-order chi connectivity index (χ0) is 25.8. The van der Waals surface area contributed by atoms with Crippen LogP contribution in [0.3, 0.4) is 0 Å². The number of oxime groups is 1. The number of thioether (sulfide) groups is 2. The van der Waals surface area contributed by atoms with Crippen LogP contribution in [0.1, 0.15) is 12.5 Å². The van der Waals surface area contributed by atoms with E-state index in [0.29, 0.717) is 33.5 Å². The molecule has 2 N–H and O–H groups in total. The molecule has 36 heavy (non-hydrogen) atoms. The number of carboxylic acid groups (broad SMARTS) is 1. The third-order valence-electron chi connectivity index (χ3n) is 5.34. The molecule has 1 saturated heterocycles. The Morgan fingerprint density at radius 3 is 2.86 bits per heavy atom. The second-order valence-electron chi connectivity index (χ2n) is 7.58. The topological polar surface area (TPSA) is 161 Å². The Morgan fingerprint density at radius 2 is 2.19 bits per heavy atom. The maximum Gasteiger partial charge on any atom is 0.352 e. The summed E-state index contributed by atoms with van der Waals surface area (Å²) in [6, 6.07) is 5.82. The Balaban J connectivity index is 1.51. The molecule has 15 heteroatoms. The summed E-state index contributed by atoms with van der Waals surface area (Å²) in [6.45, 7) is 1.97. The molecule has 0 aliphatic carbocycles. The molecule has 3 heterocycles. The van der Waals surface area contributed by atoms with E-state index in [1.807, 2.05) is 0 Å². The first-order valence-corrected chi connectivity index (χ1v) is 12.8. The average molecular weight is 534 g/mol. The highest BCUT2D eigenvalue weighted by Crippen LogP contribution is 2.41. The van der Waals surface area contributed by atoms with Crippen LogP contribution in [0.15, 0.2) is 45.8 Å². The van der Waals surface area contributed by atoms with Crippen LogP contribution in [-0.4, -0.2) is 90.3 Å². The van der Waals surface area contributed by atoms with Crippen LogP contribution in [0.5, 0.6) is 5.75 Å². The van der Waals surface area contributed by atoms with E-state index in [-0.39, 0.29) is 18.0 Å². The lowest BCUT2D eigenvalue weighted by molar-refractivity contribution is -0.150. The van der Waals surface area contributed by atoms with Gasteiger partial charge in [-0.05, 0) is 35.1 Å². The van der Waals surface area contributed by atoms with Crippen molar-refractivity contribution in [2.24, 2.45) is 12.2 Å². The van der Waals surface area contributed by atoms with E-state index < -0.39 is 29.2 Å². The molecule has 1 unspecified atom stereocenters. The zero-order valence-electron chi connectivity index (χ0n) is 19.6. The van der Waals surface area contributed by atoms with E-state index in [1.165, 1.54) is 40.2 Å². The van der Waals surface area contributed by atoms with E-state index in [4.69, 9.17) is 9.57 Å². The lowest BCUT2D eigenvalue weighted by atomic mass is 10.0. The molecule has 2 amide bonds. The molecule has 13 nitrogen and oxygen atoms in total. The van der Waals surface area contributed by atoms with Crippen LogP contribution in [0.2, 0.25) is 0 Å². The minimum absolute atomic E-state index is 0.0221. The molecule has 2 atom stereocenters. The van der Waals surface area contributed by atoms with E-state index in [9.17, 15) is 19.5 Å². The number of rotatable bonds is 10. The first-order chi connectivity index (χ1) is 17.3. The highest BCUT2D eigenvalue weighted by Gasteiger charge is 2.54. The van der Waals surface area contributed by atoms with Crippen molar-refractivity contribution < 1.29 is 29.1 Å². The summed E-state index contributed by atoms with van der Waals surface area (Å²) in [5, 5.41) is 27.7. The van der Waals surface area contributed by atoms with Crippen molar-refractivity contribution in [3.63, 3.8) is 0 Å². The lowest BCUT2D eigenvalue weighted by Gasteiger charge is -2.49. The molecular weight excluding hydrogens is 510 g/mol. The van der Waals surface area contributed by atoms with Gasteiger partial charge in [-0.1, -0.05) is 29.1 Å². The molecule has 4 rings (SSSR count). The number of benzene rings is 1. The second kappa shape index (κ2) is 11.0. The number of carbonyl (C=O) groups excluding carboxylic acids is 2. The Labute approximate surface area is 214 Å². The highest BCUT2D eigenvalue weighted by molar-refractivity contribution is 8.01. The SMILES string of the molecule is CCON=C(C(=O)NC1C(=O)N2C(C(=O)O)=C(CSc3nnnn3C)CS[C@@H]12)c1cccc(OC)c1. The lowest BCUT2D eigenvalue weighted by Crippen LogP contribution is -2.71. The molecular formula is C21H23N7O6S2. The van der Waals surface area contributed by atoms with E-state index in [1.54, 1.807) is 38.2 Å². The van der Waals surface area contributed by atoms with Crippen molar-refractivity contribution in [3.8, 4) is 5.75 Å². The minimum Gasteiger partial charge on any atom is -0.497 e. The number of fused-ring (bicyclic) bond motifs is 1. The van der Waals surface area contributed by atoms with Crippen LogP contribution < -0.4 is 10.1 Å². The van der Waals surface area contributed by atoms with Gasteiger partial charge in [-0.25, -0.2) is 9.48 Å². The minimum atomic E-state index is -1.21. The van der Waals surface area contributed by atoms with Gasteiger partial charge in [0.15, 0.2) is 5.71 Å². The predicted molar refractivity (Wildman–Crippen MR) is 130 cm³/mol. The number of methoxy groups -OCH3 is 1. The van der Waals surface area contributed by atoms with E-state index in [2.05, 4.69) is 26.0 Å². The Hall–Kier alpha value is -3.59. The van der Waals surface area contributed by atoms with Crippen LogP contribution in [-0.2, 0) is 26.3 Å². The number of hydrogen-bond acceptors (Lipinski definition) is 11. The number of nitrogens with one attached hydrogen (secondary N) is 1. The van der Waals surface area contributed by atoms with Crippen molar-refractivity contribution in [1.82, 2.24) is 30.4 Å². The predicted octanol–water partition coefficient (Wildman–Crippen LogP) is 0.490. The fraction of sp³-hybridized carbons (Fsp3) is 0.381. The first kappa shape index (κ1) is 25.5. The summed E-state index contributed by atoms with van der Waals surface area (Å²) in [5.41, 5.74) is 0.924. The molecule has 2 aliphatic rings. The number of tetrazole rings is 1. The van der Waals surface area contributed by atoms with Crippen molar-refractivity contribution in [1.29, 1.82) is 0 Å². The molecule has 0 spiro atoms. The summed E-state index contributed by atoms with van der Waals surface area (Å²) in [4.78, 5) is 44.6. The number of aryl methyl sites for hydroxylation is 1. The quantitative estimate of drug-likeness (QED) is 0.189. The number of carbonyl (C=O) groups is 3. The molecule has 190 valence electrons. The van der Waals surface area contributed by atoms with Crippen molar-refractivity contribution >= 4 is 47.0 Å². The maximum atomic E-state index is 13.1. The van der Waals surface area contributed by atoms with Gasteiger partial charge >= 0.3 is 5.97 Å². The Bertz CT molecular complexity index is 1250. The van der Waals surface area contributed by atoms with Gasteiger partial charge in [0.05, 0.1) is 7.11 Å². The molecule has 2 aromatic rings. The number of aliphatic carboxylic acids is 1. The molecule has 0 radical (unpaired) electrons. The van der Waals surface area contributed by atoms with Gasteiger partial charge in [0.1, 0.15) is 29.5 Å². The summed E-state index contributed by atoms with van der Waals surface area (Å²) in [7, 11) is 3.19. The number of hydrogen-bond donors (Lipinski definition) is 2. The summed E-state index contributed by atoms with van der Waals surface area (Å²) < 4.78 is 6.70. The number of nitrogens with zero attached hydrogens (tertiary/aromatic N) is 6. The number of β-lactam (4-membered cyclic amide) rings is 1. The fourth-order valence-electron chi connectivity index (χ4n) is 3.62. The molecule has 0 saturated carbocycles. The van der Waals surface area contributed by atoms with Gasteiger partial charge in [0.2, 0.25) is 5.16 Å². The van der Waals surface area contributed by atoms with Gasteiger partial charge in [-0.2, -0.15) is 0 Å². The van der Waals surface area contributed by atoms with Gasteiger partial charge in [-0.15, -0.1) is 16.9 Å². The summed E-state index contributed by atoms with van der Waals surface area (Å²) in [6.07, 6.45) is 0. The molecule has 1 aromatic carbocycles. The highest BCUT2D eigenvalue weighted by atomic mass is 32.2. The summed E-state index contributed by atoms with van der Waals surface area (Å²) in [5.74, 6) is -1.14. The largest absolute Gasteiger partial charge is 0.497 e. The van der Waals surface area contributed by atoms with Gasteiger partial charge in [0.25, 0.3) is 11.8 Å². The monoisotopic (exact) mass is 533 g/mol. The van der Waals surface area contributed by atoms with Crippen LogP contribution >= 0.6 is 23.5 Å². The summed E-state index contributed by atoms with van der Waals surface area (Å²) >= 11 is 2.65. The third kappa shape index (κ3) is 5.02. The van der Waals surface area contributed by atoms with Gasteiger partial charge < -0.3 is 20.0 Å². The first-order valence-electron chi connectivity index (χ1n) is 10.8. The zero-order valence-corrected chi connectivity index (χ0v) is 21.2. The van der Waals surface area contributed by atoms with E-state index >= 15 is 0 Å². The molecule has 1 fully saturated rings. The number of carboxylic acids is 1. The van der Waals surface area contributed by atoms with Gasteiger partial charge in [-0.3, -0.25) is 14.5 Å². The number of ether oxygens (including phenoxy) is 1. The standard InChI is InChI=1S/C21H23N7O6S2/c1-4-34-24-14(11-6-5-7-13(8-11)33-3)17(29)22-15-18(30)28-16(20(31)32)12(9-35-19(15)28)10-36-21-23-25-26-27(21)2/h5-8,15,19H,4,9-10H2,1-3H3,(H,22,29)(H,31,32)/t15?,19-/m0/s1. The molecule has 1 aromatic heterocycles.